The molecule has 0 saturated carbocycles. The molecule has 17 heavy (non-hydrogen) atoms. The molecule has 5 heteroatoms. The highest BCUT2D eigenvalue weighted by atomic mass is 79.9. The molecule has 0 radical (unpaired) electrons. The van der Waals surface area contributed by atoms with Gasteiger partial charge in [-0.2, -0.15) is 0 Å². The number of rotatable bonds is 6. The fraction of sp³-hybridized carbons (Fsp3) is 0.417. The normalized spacial score (nSPS) is 12.2. The van der Waals surface area contributed by atoms with Crippen molar-refractivity contribution in [2.45, 2.75) is 12.5 Å². The van der Waals surface area contributed by atoms with Gasteiger partial charge in [0.25, 0.3) is 0 Å². The van der Waals surface area contributed by atoms with Crippen molar-refractivity contribution in [3.05, 3.63) is 28.2 Å². The van der Waals surface area contributed by atoms with Crippen molar-refractivity contribution in [2.75, 3.05) is 20.8 Å². The van der Waals surface area contributed by atoms with Gasteiger partial charge in [-0.1, -0.05) is 15.9 Å². The van der Waals surface area contributed by atoms with Gasteiger partial charge >= 0.3 is 0 Å². The van der Waals surface area contributed by atoms with Crippen molar-refractivity contribution in [1.29, 1.82) is 0 Å². The molecule has 4 nitrogen and oxygen atoms in total. The Morgan fingerprint density at radius 3 is 2.76 bits per heavy atom. The number of ether oxygens (including phenoxy) is 2. The van der Waals surface area contributed by atoms with Crippen molar-refractivity contribution < 1.29 is 14.3 Å². The lowest BCUT2D eigenvalue weighted by molar-refractivity contribution is -0.120. The highest BCUT2D eigenvalue weighted by molar-refractivity contribution is 9.10. The Balaban J connectivity index is 2.76. The number of carbonyl (C=O) groups is 1. The molecule has 0 heterocycles. The molecule has 0 aliphatic heterocycles. The minimum Gasteiger partial charge on any atom is -0.497 e. The molecule has 1 unspecified atom stereocenters. The van der Waals surface area contributed by atoms with Gasteiger partial charge in [-0.25, -0.2) is 0 Å². The number of hydrogen-bond acceptors (Lipinski definition) is 4. The van der Waals surface area contributed by atoms with E-state index in [0.717, 1.165) is 15.8 Å². The zero-order valence-corrected chi connectivity index (χ0v) is 11.5. The average Bonchev–Trinajstić information content (AvgIpc) is 2.32. The third-order valence-corrected chi connectivity index (χ3v) is 3.15. The van der Waals surface area contributed by atoms with Gasteiger partial charge < -0.3 is 15.2 Å². The molecule has 0 bridgehead atoms. The Kier molecular flexibility index (Phi) is 5.61. The maximum absolute atomic E-state index is 11.8. The third-order valence-electron chi connectivity index (χ3n) is 2.38. The Morgan fingerprint density at radius 1 is 1.47 bits per heavy atom. The Hall–Kier alpha value is -0.910. The van der Waals surface area contributed by atoms with E-state index in [-0.39, 0.29) is 18.8 Å². The fourth-order valence-electron chi connectivity index (χ4n) is 1.40. The Morgan fingerprint density at radius 2 is 2.18 bits per heavy atom. The third kappa shape index (κ3) is 4.11. The number of Topliss-reactive ketones (excluding diaryl/α,β-unsaturated/α-hetero) is 1. The Labute approximate surface area is 109 Å². The van der Waals surface area contributed by atoms with E-state index in [1.54, 1.807) is 7.11 Å². The lowest BCUT2D eigenvalue weighted by Crippen LogP contribution is -2.36. The van der Waals surface area contributed by atoms with Gasteiger partial charge in [-0.05, 0) is 23.8 Å². The van der Waals surface area contributed by atoms with Gasteiger partial charge in [0.05, 0.1) is 19.8 Å². The lowest BCUT2D eigenvalue weighted by Gasteiger charge is -2.11. The first kappa shape index (κ1) is 14.2. The van der Waals surface area contributed by atoms with Gasteiger partial charge in [0.1, 0.15) is 5.75 Å². The number of halogens is 1. The quantitative estimate of drug-likeness (QED) is 0.866. The van der Waals surface area contributed by atoms with Gasteiger partial charge in [0, 0.05) is 18.0 Å². The van der Waals surface area contributed by atoms with Crippen molar-refractivity contribution in [3.63, 3.8) is 0 Å². The molecule has 1 atom stereocenters. The summed E-state index contributed by atoms with van der Waals surface area (Å²) in [6.45, 7) is 0.237. The first-order valence-electron chi connectivity index (χ1n) is 5.18. The second-order valence-corrected chi connectivity index (χ2v) is 4.52. The summed E-state index contributed by atoms with van der Waals surface area (Å²) in [6, 6.07) is 4.91. The van der Waals surface area contributed by atoms with Crippen LogP contribution < -0.4 is 10.5 Å². The Bertz CT molecular complexity index is 395. The molecule has 1 rings (SSSR count). The topological polar surface area (TPSA) is 61.5 Å². The largest absolute Gasteiger partial charge is 0.497 e. The average molecular weight is 302 g/mol. The van der Waals surface area contributed by atoms with Gasteiger partial charge in [-0.3, -0.25) is 4.79 Å². The summed E-state index contributed by atoms with van der Waals surface area (Å²) < 4.78 is 10.8. The van der Waals surface area contributed by atoms with Crippen LogP contribution in [0.3, 0.4) is 0 Å². The summed E-state index contributed by atoms with van der Waals surface area (Å²) >= 11 is 3.40. The summed E-state index contributed by atoms with van der Waals surface area (Å²) in [5, 5.41) is 0. The van der Waals surface area contributed by atoms with E-state index in [4.69, 9.17) is 15.2 Å². The molecule has 0 spiro atoms. The van der Waals surface area contributed by atoms with E-state index >= 15 is 0 Å². The molecular formula is C12H16BrNO3. The van der Waals surface area contributed by atoms with Gasteiger partial charge in [0.2, 0.25) is 0 Å². The molecule has 0 saturated heterocycles. The first-order chi connectivity index (χ1) is 8.08. The van der Waals surface area contributed by atoms with Crippen LogP contribution >= 0.6 is 15.9 Å². The predicted octanol–water partition coefficient (Wildman–Crippen LogP) is 1.54. The zero-order valence-electron chi connectivity index (χ0n) is 9.90. The molecule has 0 amide bonds. The van der Waals surface area contributed by atoms with Gasteiger partial charge in [0.15, 0.2) is 5.78 Å². The highest BCUT2D eigenvalue weighted by Gasteiger charge is 2.15. The fourth-order valence-corrected chi connectivity index (χ4v) is 1.79. The predicted molar refractivity (Wildman–Crippen MR) is 69.3 cm³/mol. The molecule has 1 aromatic rings. The second-order valence-electron chi connectivity index (χ2n) is 3.66. The summed E-state index contributed by atoms with van der Waals surface area (Å²) in [4.78, 5) is 11.8. The zero-order chi connectivity index (χ0) is 12.8. The monoisotopic (exact) mass is 301 g/mol. The number of nitrogens with two attached hydrogens (primary N) is 1. The van der Waals surface area contributed by atoms with Gasteiger partial charge in [-0.15, -0.1) is 0 Å². The standard InChI is InChI=1S/C12H16BrNO3/c1-16-7-11(14)12(15)6-8-5-9(17-2)3-4-10(8)13/h3-5,11H,6-7,14H2,1-2H3. The minimum atomic E-state index is -0.585. The number of carbonyl (C=O) groups excluding carboxylic acids is 1. The van der Waals surface area contributed by atoms with E-state index < -0.39 is 6.04 Å². The smallest absolute Gasteiger partial charge is 0.156 e. The van der Waals surface area contributed by atoms with Crippen LogP contribution in [0.1, 0.15) is 5.56 Å². The number of methoxy groups -OCH3 is 2. The molecule has 0 fully saturated rings. The van der Waals surface area contributed by atoms with E-state index in [9.17, 15) is 4.79 Å². The molecule has 1 aromatic carbocycles. The summed E-state index contributed by atoms with van der Waals surface area (Å²) in [5.74, 6) is 0.664. The van der Waals surface area contributed by atoms with Crippen LogP contribution in [0.15, 0.2) is 22.7 Å². The summed E-state index contributed by atoms with van der Waals surface area (Å²) in [6.07, 6.45) is 0.266. The van der Waals surface area contributed by atoms with E-state index in [1.165, 1.54) is 7.11 Å². The van der Waals surface area contributed by atoms with Crippen LogP contribution in [0.4, 0.5) is 0 Å². The SMILES string of the molecule is COCC(N)C(=O)Cc1cc(OC)ccc1Br. The molecule has 2 N–H and O–H groups in total. The van der Waals surface area contributed by atoms with Crippen molar-refractivity contribution in [2.24, 2.45) is 5.73 Å². The molecular weight excluding hydrogens is 286 g/mol. The van der Waals surface area contributed by atoms with E-state index in [1.807, 2.05) is 18.2 Å². The molecule has 0 aliphatic rings. The number of ketones is 1. The van der Waals surface area contributed by atoms with Crippen LogP contribution in [-0.2, 0) is 16.0 Å². The lowest BCUT2D eigenvalue weighted by atomic mass is 10.0. The van der Waals surface area contributed by atoms with E-state index in [0.29, 0.717) is 0 Å². The van der Waals surface area contributed by atoms with Crippen LogP contribution in [0, 0.1) is 0 Å². The summed E-state index contributed by atoms with van der Waals surface area (Å²) in [7, 11) is 3.11. The van der Waals surface area contributed by atoms with E-state index in [2.05, 4.69) is 15.9 Å². The minimum absolute atomic E-state index is 0.0548. The van der Waals surface area contributed by atoms with Crippen LogP contribution in [0.25, 0.3) is 0 Å². The second kappa shape index (κ2) is 6.74. The first-order valence-corrected chi connectivity index (χ1v) is 5.97. The molecule has 94 valence electrons. The van der Waals surface area contributed by atoms with Crippen molar-refractivity contribution in [1.82, 2.24) is 0 Å². The van der Waals surface area contributed by atoms with Crippen molar-refractivity contribution in [3.8, 4) is 5.75 Å². The van der Waals surface area contributed by atoms with Crippen LogP contribution in [-0.4, -0.2) is 32.7 Å². The van der Waals surface area contributed by atoms with Crippen LogP contribution in [0.2, 0.25) is 0 Å². The number of benzene rings is 1. The van der Waals surface area contributed by atoms with Crippen molar-refractivity contribution >= 4 is 21.7 Å². The molecule has 0 aromatic heterocycles. The highest BCUT2D eigenvalue weighted by Crippen LogP contribution is 2.23. The maximum atomic E-state index is 11.8. The maximum Gasteiger partial charge on any atom is 0.156 e. The van der Waals surface area contributed by atoms with Crippen LogP contribution in [0.5, 0.6) is 5.75 Å². The summed E-state index contributed by atoms with van der Waals surface area (Å²) in [5.41, 5.74) is 6.54. The molecule has 0 aliphatic carbocycles. The number of hydrogen-bond donors (Lipinski definition) is 1.